The van der Waals surface area contributed by atoms with Crippen LogP contribution in [-0.4, -0.2) is 19.2 Å². The third-order valence-corrected chi connectivity index (χ3v) is 3.86. The van der Waals surface area contributed by atoms with E-state index in [0.29, 0.717) is 6.04 Å². The lowest BCUT2D eigenvalue weighted by Crippen LogP contribution is -2.28. The van der Waals surface area contributed by atoms with Crippen LogP contribution in [0.4, 0.5) is 0 Å². The molecular weight excluding hydrogens is 234 g/mol. The van der Waals surface area contributed by atoms with Crippen molar-refractivity contribution in [1.82, 2.24) is 5.32 Å². The molecular formula is C17H27NO. The van der Waals surface area contributed by atoms with Crippen LogP contribution in [0.1, 0.15) is 51.7 Å². The molecule has 1 aromatic carbocycles. The maximum Gasteiger partial charge on any atom is 0.123 e. The Bertz CT molecular complexity index is 414. The third-order valence-electron chi connectivity index (χ3n) is 3.86. The fourth-order valence-electron chi connectivity index (χ4n) is 2.60. The van der Waals surface area contributed by atoms with Crippen molar-refractivity contribution in [2.75, 3.05) is 13.2 Å². The molecule has 1 fully saturated rings. The predicted molar refractivity (Wildman–Crippen MR) is 81.0 cm³/mol. The average Bonchev–Trinajstić information content (AvgIpc) is 2.88. The summed E-state index contributed by atoms with van der Waals surface area (Å²) >= 11 is 0. The highest BCUT2D eigenvalue weighted by atomic mass is 16.5. The van der Waals surface area contributed by atoms with Crippen molar-refractivity contribution < 1.29 is 4.74 Å². The quantitative estimate of drug-likeness (QED) is 0.892. The van der Waals surface area contributed by atoms with Crippen molar-refractivity contribution in [1.29, 1.82) is 0 Å². The monoisotopic (exact) mass is 261 g/mol. The molecule has 0 saturated carbocycles. The Balaban J connectivity index is 2.13. The molecule has 1 saturated heterocycles. The van der Waals surface area contributed by atoms with Crippen molar-refractivity contribution in [2.45, 2.75) is 58.4 Å². The first-order chi connectivity index (χ1) is 9.00. The summed E-state index contributed by atoms with van der Waals surface area (Å²) in [7, 11) is 0. The Morgan fingerprint density at radius 2 is 2.11 bits per heavy atom. The molecule has 0 aromatic heterocycles. The summed E-state index contributed by atoms with van der Waals surface area (Å²) in [6, 6.07) is 7.16. The summed E-state index contributed by atoms with van der Waals surface area (Å²) < 4.78 is 6.08. The van der Waals surface area contributed by atoms with E-state index in [9.17, 15) is 0 Å². The van der Waals surface area contributed by atoms with Gasteiger partial charge in [-0.15, -0.1) is 0 Å². The summed E-state index contributed by atoms with van der Waals surface area (Å²) in [5, 5.41) is 3.48. The molecule has 2 nitrogen and oxygen atoms in total. The SMILES string of the molecule is CCc1ccc(OC[C@@H]2CCCN2)c(C(C)(C)C)c1. The standard InChI is InChI=1S/C17H27NO/c1-5-13-8-9-16(15(11-13)17(2,3)4)19-12-14-7-6-10-18-14/h8-9,11,14,18H,5-7,10,12H2,1-4H3/t14-/m0/s1. The van der Waals surface area contributed by atoms with Crippen LogP contribution in [-0.2, 0) is 11.8 Å². The first-order valence-corrected chi connectivity index (χ1v) is 7.50. The van der Waals surface area contributed by atoms with Crippen molar-refractivity contribution >= 4 is 0 Å². The van der Waals surface area contributed by atoms with Crippen LogP contribution in [0.15, 0.2) is 18.2 Å². The molecule has 0 spiro atoms. The van der Waals surface area contributed by atoms with Gasteiger partial charge in [-0.1, -0.05) is 39.8 Å². The van der Waals surface area contributed by atoms with Crippen molar-refractivity contribution in [3.05, 3.63) is 29.3 Å². The van der Waals surface area contributed by atoms with E-state index < -0.39 is 0 Å². The molecule has 19 heavy (non-hydrogen) atoms. The minimum absolute atomic E-state index is 0.129. The molecule has 1 atom stereocenters. The van der Waals surface area contributed by atoms with Gasteiger partial charge in [0.25, 0.3) is 0 Å². The summed E-state index contributed by atoms with van der Waals surface area (Å²) in [5.74, 6) is 1.05. The van der Waals surface area contributed by atoms with E-state index in [1.807, 2.05) is 0 Å². The average molecular weight is 261 g/mol. The zero-order chi connectivity index (χ0) is 13.9. The molecule has 2 heteroatoms. The molecule has 0 unspecified atom stereocenters. The van der Waals surface area contributed by atoms with Gasteiger partial charge in [-0.25, -0.2) is 0 Å². The molecule has 0 aliphatic carbocycles. The Morgan fingerprint density at radius 1 is 1.32 bits per heavy atom. The fourth-order valence-corrected chi connectivity index (χ4v) is 2.60. The maximum atomic E-state index is 6.08. The number of ether oxygens (including phenoxy) is 1. The second-order valence-corrected chi connectivity index (χ2v) is 6.54. The van der Waals surface area contributed by atoms with E-state index in [2.05, 4.69) is 51.2 Å². The second kappa shape index (κ2) is 5.96. The summed E-state index contributed by atoms with van der Waals surface area (Å²) in [4.78, 5) is 0. The van der Waals surface area contributed by atoms with Crippen LogP contribution in [0, 0.1) is 0 Å². The smallest absolute Gasteiger partial charge is 0.123 e. The molecule has 0 bridgehead atoms. The molecule has 0 amide bonds. The van der Waals surface area contributed by atoms with Crippen molar-refractivity contribution in [2.24, 2.45) is 0 Å². The molecule has 106 valence electrons. The minimum Gasteiger partial charge on any atom is -0.492 e. The predicted octanol–water partition coefficient (Wildman–Crippen LogP) is 3.68. The molecule has 1 aliphatic heterocycles. The lowest BCUT2D eigenvalue weighted by Gasteiger charge is -2.24. The summed E-state index contributed by atoms with van der Waals surface area (Å²) in [6.07, 6.45) is 3.58. The Morgan fingerprint density at radius 3 is 2.68 bits per heavy atom. The van der Waals surface area contributed by atoms with Crippen LogP contribution < -0.4 is 10.1 Å². The number of rotatable bonds is 4. The van der Waals surface area contributed by atoms with Crippen LogP contribution >= 0.6 is 0 Å². The molecule has 1 aromatic rings. The van der Waals surface area contributed by atoms with Gasteiger partial charge < -0.3 is 10.1 Å². The maximum absolute atomic E-state index is 6.08. The van der Waals surface area contributed by atoms with Gasteiger partial charge in [0.1, 0.15) is 12.4 Å². The number of hydrogen-bond acceptors (Lipinski definition) is 2. The first-order valence-electron chi connectivity index (χ1n) is 7.50. The van der Waals surface area contributed by atoms with Crippen LogP contribution in [0.3, 0.4) is 0 Å². The van der Waals surface area contributed by atoms with Crippen molar-refractivity contribution in [3.63, 3.8) is 0 Å². The number of benzene rings is 1. The topological polar surface area (TPSA) is 21.3 Å². The van der Waals surface area contributed by atoms with E-state index in [0.717, 1.165) is 25.3 Å². The van der Waals surface area contributed by atoms with E-state index in [-0.39, 0.29) is 5.41 Å². The zero-order valence-electron chi connectivity index (χ0n) is 12.8. The molecule has 2 rings (SSSR count). The van der Waals surface area contributed by atoms with Gasteiger partial charge >= 0.3 is 0 Å². The highest BCUT2D eigenvalue weighted by Crippen LogP contribution is 2.32. The molecule has 1 aliphatic rings. The summed E-state index contributed by atoms with van der Waals surface area (Å²) in [5.41, 5.74) is 2.84. The third kappa shape index (κ3) is 3.73. The van der Waals surface area contributed by atoms with Gasteiger partial charge in [-0.3, -0.25) is 0 Å². The fraction of sp³-hybridized carbons (Fsp3) is 0.647. The first kappa shape index (κ1) is 14.4. The minimum atomic E-state index is 0.129. The highest BCUT2D eigenvalue weighted by molar-refractivity contribution is 5.41. The van der Waals surface area contributed by atoms with E-state index in [1.165, 1.54) is 24.0 Å². The highest BCUT2D eigenvalue weighted by Gasteiger charge is 2.21. The van der Waals surface area contributed by atoms with Gasteiger partial charge in [0.15, 0.2) is 0 Å². The van der Waals surface area contributed by atoms with Crippen LogP contribution in [0.5, 0.6) is 5.75 Å². The Kier molecular flexibility index (Phi) is 4.51. The normalized spacial score (nSPS) is 19.7. The van der Waals surface area contributed by atoms with Gasteiger partial charge in [-0.05, 0) is 48.4 Å². The largest absolute Gasteiger partial charge is 0.492 e. The molecule has 1 N–H and O–H groups in total. The molecule has 0 radical (unpaired) electrons. The lowest BCUT2D eigenvalue weighted by molar-refractivity contribution is 0.271. The number of hydrogen-bond donors (Lipinski definition) is 1. The van der Waals surface area contributed by atoms with Gasteiger partial charge in [0.2, 0.25) is 0 Å². The summed E-state index contributed by atoms with van der Waals surface area (Å²) in [6.45, 7) is 10.9. The van der Waals surface area contributed by atoms with Crippen LogP contribution in [0.2, 0.25) is 0 Å². The van der Waals surface area contributed by atoms with Gasteiger partial charge in [-0.2, -0.15) is 0 Å². The number of aryl methyl sites for hydroxylation is 1. The Labute approximate surface area is 117 Å². The molecule has 1 heterocycles. The van der Waals surface area contributed by atoms with Crippen LogP contribution in [0.25, 0.3) is 0 Å². The van der Waals surface area contributed by atoms with E-state index in [1.54, 1.807) is 0 Å². The van der Waals surface area contributed by atoms with Gasteiger partial charge in [0, 0.05) is 6.04 Å². The van der Waals surface area contributed by atoms with E-state index >= 15 is 0 Å². The van der Waals surface area contributed by atoms with E-state index in [4.69, 9.17) is 4.74 Å². The lowest BCUT2D eigenvalue weighted by atomic mass is 9.85. The second-order valence-electron chi connectivity index (χ2n) is 6.54. The zero-order valence-corrected chi connectivity index (χ0v) is 12.8. The number of nitrogens with one attached hydrogen (secondary N) is 1. The van der Waals surface area contributed by atoms with Gasteiger partial charge in [0.05, 0.1) is 0 Å². The van der Waals surface area contributed by atoms with Crippen molar-refractivity contribution in [3.8, 4) is 5.75 Å². The Hall–Kier alpha value is -1.02.